The molecule has 0 aromatic heterocycles. The Hall–Kier alpha value is -1.35. The second-order valence-corrected chi connectivity index (χ2v) is 5.58. The van der Waals surface area contributed by atoms with Gasteiger partial charge in [0.2, 0.25) is 0 Å². The number of esters is 1. The third-order valence-corrected chi connectivity index (χ3v) is 2.58. The van der Waals surface area contributed by atoms with E-state index in [0.717, 1.165) is 6.42 Å². The highest BCUT2D eigenvalue weighted by molar-refractivity contribution is 5.70. The van der Waals surface area contributed by atoms with Gasteiger partial charge in [0.1, 0.15) is 5.60 Å². The molecule has 1 aromatic carbocycles. The Labute approximate surface area is 109 Å². The molecule has 0 heterocycles. The molecule has 0 saturated carbocycles. The third kappa shape index (κ3) is 5.82. The molecule has 0 aliphatic carbocycles. The Morgan fingerprint density at radius 1 is 1.28 bits per heavy atom. The summed E-state index contributed by atoms with van der Waals surface area (Å²) in [5, 5.41) is 0. The van der Waals surface area contributed by atoms with Crippen molar-refractivity contribution in [2.24, 2.45) is 11.7 Å². The summed E-state index contributed by atoms with van der Waals surface area (Å²) < 4.78 is 5.31. The maximum atomic E-state index is 11.7. The maximum Gasteiger partial charge on any atom is 0.306 e. The van der Waals surface area contributed by atoms with Crippen LogP contribution in [0.3, 0.4) is 0 Å². The van der Waals surface area contributed by atoms with E-state index in [2.05, 4.69) is 12.1 Å². The Balaban J connectivity index is 2.50. The van der Waals surface area contributed by atoms with E-state index in [0.29, 0.717) is 13.0 Å². The molecule has 100 valence electrons. The van der Waals surface area contributed by atoms with Crippen LogP contribution in [0, 0.1) is 5.92 Å². The normalized spacial score (nSPS) is 13.1. The largest absolute Gasteiger partial charge is 0.460 e. The smallest absolute Gasteiger partial charge is 0.306 e. The quantitative estimate of drug-likeness (QED) is 0.816. The van der Waals surface area contributed by atoms with Gasteiger partial charge in [-0.1, -0.05) is 30.3 Å². The van der Waals surface area contributed by atoms with Gasteiger partial charge >= 0.3 is 5.97 Å². The summed E-state index contributed by atoms with van der Waals surface area (Å²) in [6.07, 6.45) is 1.19. The Kier molecular flexibility index (Phi) is 5.35. The molecule has 3 heteroatoms. The first-order chi connectivity index (χ1) is 8.40. The van der Waals surface area contributed by atoms with E-state index in [1.54, 1.807) is 0 Å². The molecular formula is C15H23NO2. The van der Waals surface area contributed by atoms with Gasteiger partial charge in [-0.15, -0.1) is 0 Å². The average Bonchev–Trinajstić information content (AvgIpc) is 2.27. The standard InChI is InChI=1S/C15H23NO2/c1-15(2,3)18-14(17)10-13(11-16)9-12-7-5-4-6-8-12/h4-8,13H,9-11,16H2,1-3H3. The number of hydrogen-bond donors (Lipinski definition) is 1. The van der Waals surface area contributed by atoms with Crippen LogP contribution in [0.1, 0.15) is 32.8 Å². The molecule has 0 fully saturated rings. The van der Waals surface area contributed by atoms with Gasteiger partial charge in [-0.3, -0.25) is 4.79 Å². The fraction of sp³-hybridized carbons (Fsp3) is 0.533. The SMILES string of the molecule is CC(C)(C)OC(=O)CC(CN)Cc1ccccc1. The van der Waals surface area contributed by atoms with E-state index < -0.39 is 5.60 Å². The molecule has 0 radical (unpaired) electrons. The summed E-state index contributed by atoms with van der Waals surface area (Å²) >= 11 is 0. The lowest BCUT2D eigenvalue weighted by atomic mass is 9.96. The van der Waals surface area contributed by atoms with Gasteiger partial charge in [0.15, 0.2) is 0 Å². The molecule has 0 saturated heterocycles. The summed E-state index contributed by atoms with van der Waals surface area (Å²) in [6, 6.07) is 10.1. The lowest BCUT2D eigenvalue weighted by Crippen LogP contribution is -2.28. The molecule has 0 bridgehead atoms. The Morgan fingerprint density at radius 2 is 1.89 bits per heavy atom. The minimum absolute atomic E-state index is 0.141. The molecule has 1 unspecified atom stereocenters. The summed E-state index contributed by atoms with van der Waals surface area (Å²) in [5.74, 6) is -0.0314. The van der Waals surface area contributed by atoms with E-state index in [1.807, 2.05) is 39.0 Å². The van der Waals surface area contributed by atoms with Gasteiger partial charge in [-0.25, -0.2) is 0 Å². The molecule has 0 spiro atoms. The van der Waals surface area contributed by atoms with Crippen molar-refractivity contribution in [1.29, 1.82) is 0 Å². The van der Waals surface area contributed by atoms with Gasteiger partial charge in [0.05, 0.1) is 0 Å². The van der Waals surface area contributed by atoms with Gasteiger partial charge in [0.25, 0.3) is 0 Å². The molecule has 0 aliphatic heterocycles. The summed E-state index contributed by atoms with van der Waals surface area (Å²) in [5.41, 5.74) is 6.50. The lowest BCUT2D eigenvalue weighted by molar-refractivity contribution is -0.155. The van der Waals surface area contributed by atoms with Crippen LogP contribution >= 0.6 is 0 Å². The van der Waals surface area contributed by atoms with Crippen LogP contribution in [0.25, 0.3) is 0 Å². The van der Waals surface area contributed by atoms with E-state index in [9.17, 15) is 4.79 Å². The Bertz CT molecular complexity index is 368. The number of benzene rings is 1. The molecule has 2 N–H and O–H groups in total. The number of carbonyl (C=O) groups excluding carboxylic acids is 1. The number of hydrogen-bond acceptors (Lipinski definition) is 3. The molecule has 18 heavy (non-hydrogen) atoms. The van der Waals surface area contributed by atoms with Crippen molar-refractivity contribution in [1.82, 2.24) is 0 Å². The van der Waals surface area contributed by atoms with Crippen LogP contribution in [0.4, 0.5) is 0 Å². The monoisotopic (exact) mass is 249 g/mol. The zero-order valence-corrected chi connectivity index (χ0v) is 11.5. The highest BCUT2D eigenvalue weighted by atomic mass is 16.6. The third-order valence-electron chi connectivity index (χ3n) is 2.58. The first kappa shape index (κ1) is 14.7. The maximum absolute atomic E-state index is 11.7. The fourth-order valence-corrected chi connectivity index (χ4v) is 1.81. The molecule has 1 atom stereocenters. The van der Waals surface area contributed by atoms with E-state index in [1.165, 1.54) is 5.56 Å². The number of carbonyl (C=O) groups is 1. The predicted octanol–water partition coefficient (Wildman–Crippen LogP) is 2.54. The Morgan fingerprint density at radius 3 is 2.39 bits per heavy atom. The molecule has 1 rings (SSSR count). The second-order valence-electron chi connectivity index (χ2n) is 5.58. The summed E-state index contributed by atoms with van der Waals surface area (Å²) in [7, 11) is 0. The van der Waals surface area contributed by atoms with Crippen LogP contribution in [-0.4, -0.2) is 18.1 Å². The van der Waals surface area contributed by atoms with Gasteiger partial charge in [-0.05, 0) is 45.2 Å². The highest BCUT2D eigenvalue weighted by Crippen LogP contribution is 2.15. The number of rotatable bonds is 5. The van der Waals surface area contributed by atoms with E-state index in [4.69, 9.17) is 10.5 Å². The molecule has 3 nitrogen and oxygen atoms in total. The van der Waals surface area contributed by atoms with Crippen molar-refractivity contribution in [3.05, 3.63) is 35.9 Å². The van der Waals surface area contributed by atoms with Crippen LogP contribution in [0.5, 0.6) is 0 Å². The lowest BCUT2D eigenvalue weighted by Gasteiger charge is -2.21. The minimum Gasteiger partial charge on any atom is -0.460 e. The molecule has 0 aliphatic rings. The highest BCUT2D eigenvalue weighted by Gasteiger charge is 2.19. The zero-order valence-electron chi connectivity index (χ0n) is 11.5. The predicted molar refractivity (Wildman–Crippen MR) is 73.2 cm³/mol. The second kappa shape index (κ2) is 6.55. The summed E-state index contributed by atoms with van der Waals surface area (Å²) in [6.45, 7) is 6.12. The van der Waals surface area contributed by atoms with E-state index in [-0.39, 0.29) is 11.9 Å². The number of nitrogens with two attached hydrogens (primary N) is 1. The van der Waals surface area contributed by atoms with Gasteiger partial charge in [-0.2, -0.15) is 0 Å². The van der Waals surface area contributed by atoms with Crippen molar-refractivity contribution in [2.75, 3.05) is 6.54 Å². The average molecular weight is 249 g/mol. The molecular weight excluding hydrogens is 226 g/mol. The van der Waals surface area contributed by atoms with Crippen molar-refractivity contribution < 1.29 is 9.53 Å². The van der Waals surface area contributed by atoms with Crippen molar-refractivity contribution >= 4 is 5.97 Å². The van der Waals surface area contributed by atoms with Crippen LogP contribution in [0.15, 0.2) is 30.3 Å². The summed E-state index contributed by atoms with van der Waals surface area (Å²) in [4.78, 5) is 11.7. The fourth-order valence-electron chi connectivity index (χ4n) is 1.81. The van der Waals surface area contributed by atoms with Crippen molar-refractivity contribution in [2.45, 2.75) is 39.2 Å². The van der Waals surface area contributed by atoms with E-state index >= 15 is 0 Å². The van der Waals surface area contributed by atoms with Crippen molar-refractivity contribution in [3.8, 4) is 0 Å². The zero-order chi connectivity index (χ0) is 13.6. The molecule has 0 amide bonds. The van der Waals surface area contributed by atoms with Gasteiger partial charge < -0.3 is 10.5 Å². The van der Waals surface area contributed by atoms with Gasteiger partial charge in [0, 0.05) is 6.42 Å². The van der Waals surface area contributed by atoms with Crippen LogP contribution < -0.4 is 5.73 Å². The minimum atomic E-state index is -0.428. The number of ether oxygens (including phenoxy) is 1. The first-order valence-corrected chi connectivity index (χ1v) is 6.36. The molecule has 1 aromatic rings. The first-order valence-electron chi connectivity index (χ1n) is 6.36. The van der Waals surface area contributed by atoms with Crippen molar-refractivity contribution in [3.63, 3.8) is 0 Å². The van der Waals surface area contributed by atoms with Crippen LogP contribution in [0.2, 0.25) is 0 Å². The van der Waals surface area contributed by atoms with Crippen LogP contribution in [-0.2, 0) is 16.0 Å². The topological polar surface area (TPSA) is 52.3 Å².